The molecule has 0 radical (unpaired) electrons. The van der Waals surface area contributed by atoms with Crippen LogP contribution in [-0.4, -0.2) is 32.7 Å². The number of Topliss-reactive ketones (excluding diaryl/α,β-unsaturated/α-hetero) is 1. The van der Waals surface area contributed by atoms with Gasteiger partial charge in [-0.2, -0.15) is 16.1 Å². The highest BCUT2D eigenvalue weighted by atomic mass is 32.2. The van der Waals surface area contributed by atoms with Crippen LogP contribution >= 0.6 is 35.1 Å². The van der Waals surface area contributed by atoms with E-state index in [-0.39, 0.29) is 11.0 Å². The maximum absolute atomic E-state index is 11.8. The molecule has 1 atom stereocenters. The molecule has 5 heteroatoms. The van der Waals surface area contributed by atoms with Crippen LogP contribution in [0.2, 0.25) is 0 Å². The van der Waals surface area contributed by atoms with E-state index < -0.39 is 0 Å². The van der Waals surface area contributed by atoms with Gasteiger partial charge >= 0.3 is 0 Å². The Bertz CT molecular complexity index is 280. The van der Waals surface area contributed by atoms with Crippen LogP contribution < -0.4 is 0 Å². The minimum absolute atomic E-state index is 0.140. The van der Waals surface area contributed by atoms with Gasteiger partial charge in [0.25, 0.3) is 0 Å². The topological polar surface area (TPSA) is 30.0 Å². The molecule has 1 unspecified atom stereocenters. The van der Waals surface area contributed by atoms with Crippen LogP contribution in [0.25, 0.3) is 0 Å². The Hall–Kier alpha value is -0.000000000000000222. The molecule has 1 fully saturated rings. The van der Waals surface area contributed by atoms with E-state index >= 15 is 0 Å². The highest BCUT2D eigenvalue weighted by molar-refractivity contribution is 8.07. The van der Waals surface area contributed by atoms with Gasteiger partial charge in [-0.05, 0) is 17.6 Å². The molecule has 70 valence electrons. The van der Waals surface area contributed by atoms with Crippen LogP contribution in [0, 0.1) is 0 Å². The van der Waals surface area contributed by atoms with Crippen LogP contribution in [0.15, 0.2) is 11.4 Å². The molecule has 1 aliphatic heterocycles. The Morgan fingerprint density at radius 1 is 1.54 bits per heavy atom. The summed E-state index contributed by atoms with van der Waals surface area (Å²) in [7, 11) is 0. The molecule has 0 amide bonds. The summed E-state index contributed by atoms with van der Waals surface area (Å²) in [5.41, 5.74) is 0.644. The van der Waals surface area contributed by atoms with Crippen molar-refractivity contribution in [2.45, 2.75) is 5.25 Å². The van der Waals surface area contributed by atoms with Crippen molar-refractivity contribution in [3.05, 3.63) is 17.1 Å². The molecule has 1 saturated heterocycles. The minimum atomic E-state index is 0.140. The third-order valence-electron chi connectivity index (χ3n) is 1.80. The fourth-order valence-electron chi connectivity index (χ4n) is 1.14. The molecule has 1 aromatic heterocycles. The highest BCUT2D eigenvalue weighted by Crippen LogP contribution is 2.26. The normalized spacial score (nSPS) is 22.9. The van der Waals surface area contributed by atoms with E-state index in [1.807, 2.05) is 23.2 Å². The lowest BCUT2D eigenvalue weighted by Gasteiger charge is -2.18. The summed E-state index contributed by atoms with van der Waals surface area (Å²) in [6.07, 6.45) is 0. The number of hydrogen-bond donors (Lipinski definition) is 0. The van der Waals surface area contributed by atoms with E-state index in [4.69, 9.17) is 0 Å². The molecule has 2 nitrogen and oxygen atoms in total. The van der Waals surface area contributed by atoms with Gasteiger partial charge in [-0.15, -0.1) is 11.8 Å². The third-order valence-corrected chi connectivity index (χ3v) is 5.11. The molecule has 0 bridgehead atoms. The number of ketones is 1. The number of carbonyl (C=O) groups excluding carboxylic acids is 1. The minimum Gasteiger partial charge on any atom is -0.291 e. The lowest BCUT2D eigenvalue weighted by molar-refractivity contribution is 0.0991. The SMILES string of the molecule is O=C(c1ccsn1)C1CSCCS1. The zero-order valence-corrected chi connectivity index (χ0v) is 9.38. The van der Waals surface area contributed by atoms with Gasteiger partial charge in [0.05, 0.1) is 5.25 Å². The van der Waals surface area contributed by atoms with E-state index in [0.717, 1.165) is 11.5 Å². The van der Waals surface area contributed by atoms with Crippen molar-refractivity contribution >= 4 is 40.8 Å². The first-order valence-corrected chi connectivity index (χ1v) is 7.06. The number of rotatable bonds is 2. The maximum Gasteiger partial charge on any atom is 0.196 e. The van der Waals surface area contributed by atoms with Crippen LogP contribution in [-0.2, 0) is 0 Å². The van der Waals surface area contributed by atoms with E-state index in [2.05, 4.69) is 4.37 Å². The molecule has 1 aliphatic rings. The summed E-state index contributed by atoms with van der Waals surface area (Å²) in [5.74, 6) is 3.41. The fraction of sp³-hybridized carbons (Fsp3) is 0.500. The van der Waals surface area contributed by atoms with E-state index in [1.54, 1.807) is 11.8 Å². The lowest BCUT2D eigenvalue weighted by Crippen LogP contribution is -2.24. The molecular weight excluding hydrogens is 222 g/mol. The van der Waals surface area contributed by atoms with Gasteiger partial charge in [0.1, 0.15) is 5.69 Å². The van der Waals surface area contributed by atoms with Crippen molar-refractivity contribution in [3.63, 3.8) is 0 Å². The van der Waals surface area contributed by atoms with Crippen molar-refractivity contribution in [2.75, 3.05) is 17.3 Å². The second kappa shape index (κ2) is 4.48. The standard InChI is InChI=1S/C8H9NOS3/c10-8(6-1-2-13-9-6)7-5-11-3-4-12-7/h1-2,7H,3-5H2. The molecule has 2 rings (SSSR count). The van der Waals surface area contributed by atoms with E-state index in [1.165, 1.54) is 17.3 Å². The molecule has 2 heterocycles. The first-order chi connectivity index (χ1) is 6.38. The Labute approximate surface area is 89.7 Å². The van der Waals surface area contributed by atoms with Gasteiger partial charge in [0.2, 0.25) is 0 Å². The molecular formula is C8H9NOS3. The first-order valence-electron chi connectivity index (χ1n) is 4.02. The van der Waals surface area contributed by atoms with E-state index in [0.29, 0.717) is 5.69 Å². The summed E-state index contributed by atoms with van der Waals surface area (Å²) < 4.78 is 4.06. The van der Waals surface area contributed by atoms with Crippen LogP contribution in [0.5, 0.6) is 0 Å². The first kappa shape index (κ1) is 9.55. The Morgan fingerprint density at radius 3 is 3.08 bits per heavy atom. The van der Waals surface area contributed by atoms with Crippen molar-refractivity contribution in [3.8, 4) is 0 Å². The van der Waals surface area contributed by atoms with Crippen LogP contribution in [0.4, 0.5) is 0 Å². The molecule has 0 aromatic carbocycles. The van der Waals surface area contributed by atoms with Crippen molar-refractivity contribution < 1.29 is 4.79 Å². The third kappa shape index (κ3) is 2.27. The van der Waals surface area contributed by atoms with Gasteiger partial charge in [0.15, 0.2) is 5.78 Å². The monoisotopic (exact) mass is 231 g/mol. The molecule has 13 heavy (non-hydrogen) atoms. The summed E-state index contributed by atoms with van der Waals surface area (Å²) in [6, 6.07) is 1.81. The predicted molar refractivity (Wildman–Crippen MR) is 60.0 cm³/mol. The average Bonchev–Trinajstić information content (AvgIpc) is 2.71. The largest absolute Gasteiger partial charge is 0.291 e. The van der Waals surface area contributed by atoms with Gasteiger partial charge in [0, 0.05) is 22.6 Å². The number of carbonyl (C=O) groups is 1. The zero-order valence-electron chi connectivity index (χ0n) is 6.93. The summed E-state index contributed by atoms with van der Waals surface area (Å²) in [6.45, 7) is 0. The second-order valence-corrected chi connectivity index (χ2v) is 5.81. The summed E-state index contributed by atoms with van der Waals surface area (Å²) in [4.78, 5) is 11.8. The predicted octanol–water partition coefficient (Wildman–Crippen LogP) is 2.17. The van der Waals surface area contributed by atoms with Crippen molar-refractivity contribution in [1.82, 2.24) is 4.37 Å². The molecule has 1 aromatic rings. The molecule has 0 saturated carbocycles. The average molecular weight is 231 g/mol. The van der Waals surface area contributed by atoms with Gasteiger partial charge < -0.3 is 0 Å². The number of nitrogens with zero attached hydrogens (tertiary/aromatic N) is 1. The number of thioether (sulfide) groups is 2. The summed E-state index contributed by atoms with van der Waals surface area (Å²) >= 11 is 4.97. The highest BCUT2D eigenvalue weighted by Gasteiger charge is 2.24. The van der Waals surface area contributed by atoms with Gasteiger partial charge in [-0.3, -0.25) is 4.79 Å². The molecule has 0 spiro atoms. The fourth-order valence-corrected chi connectivity index (χ4v) is 4.28. The zero-order chi connectivity index (χ0) is 9.10. The lowest BCUT2D eigenvalue weighted by atomic mass is 10.2. The van der Waals surface area contributed by atoms with Crippen LogP contribution in [0.3, 0.4) is 0 Å². The molecule has 0 aliphatic carbocycles. The summed E-state index contributed by atoms with van der Waals surface area (Å²) in [5, 5.41) is 1.99. The van der Waals surface area contributed by atoms with Gasteiger partial charge in [-0.1, -0.05) is 0 Å². The Morgan fingerprint density at radius 2 is 2.46 bits per heavy atom. The number of aromatic nitrogens is 1. The quantitative estimate of drug-likeness (QED) is 0.730. The van der Waals surface area contributed by atoms with E-state index in [9.17, 15) is 4.79 Å². The van der Waals surface area contributed by atoms with Gasteiger partial charge in [-0.25, -0.2) is 0 Å². The second-order valence-electron chi connectivity index (χ2n) is 2.68. The Balaban J connectivity index is 2.04. The molecule has 0 N–H and O–H groups in total. The Kier molecular flexibility index (Phi) is 3.29. The van der Waals surface area contributed by atoms with Crippen molar-refractivity contribution in [1.29, 1.82) is 0 Å². The van der Waals surface area contributed by atoms with Crippen LogP contribution in [0.1, 0.15) is 10.5 Å². The number of hydrogen-bond acceptors (Lipinski definition) is 5. The maximum atomic E-state index is 11.8. The smallest absolute Gasteiger partial charge is 0.196 e. The van der Waals surface area contributed by atoms with Crippen molar-refractivity contribution in [2.24, 2.45) is 0 Å².